The molecule has 0 amide bonds. The standard InChI is InChI=1S/C19H20O2S/c1-2-3-4-7-12-21-14-10-11-18-16(13-14)19(20)15-8-5-6-9-17(15)22-18/h5-6,8-11,13H,2-4,7,12H2,1H3. The normalized spacial score (nSPS) is 11.1. The molecule has 0 unspecified atom stereocenters. The summed E-state index contributed by atoms with van der Waals surface area (Å²) in [5, 5.41) is 1.55. The zero-order valence-corrected chi connectivity index (χ0v) is 13.6. The van der Waals surface area contributed by atoms with Crippen molar-refractivity contribution in [1.29, 1.82) is 0 Å². The Kier molecular flexibility index (Phi) is 4.74. The van der Waals surface area contributed by atoms with E-state index in [2.05, 4.69) is 6.92 Å². The van der Waals surface area contributed by atoms with E-state index < -0.39 is 0 Å². The van der Waals surface area contributed by atoms with Gasteiger partial charge in [-0.2, -0.15) is 0 Å². The van der Waals surface area contributed by atoms with Crippen molar-refractivity contribution in [2.45, 2.75) is 32.6 Å². The molecule has 0 fully saturated rings. The molecule has 114 valence electrons. The maximum atomic E-state index is 12.6. The fourth-order valence-corrected chi connectivity index (χ4v) is 3.64. The second-order valence-corrected chi connectivity index (χ2v) is 6.58. The maximum Gasteiger partial charge on any atom is 0.196 e. The van der Waals surface area contributed by atoms with E-state index in [4.69, 9.17) is 4.74 Å². The number of unbranched alkanes of at least 4 members (excludes halogenated alkanes) is 3. The summed E-state index contributed by atoms with van der Waals surface area (Å²) in [5.74, 6) is 0.795. The van der Waals surface area contributed by atoms with Crippen molar-refractivity contribution in [2.75, 3.05) is 6.61 Å². The molecule has 2 nitrogen and oxygen atoms in total. The van der Waals surface area contributed by atoms with Gasteiger partial charge in [0, 0.05) is 20.2 Å². The summed E-state index contributed by atoms with van der Waals surface area (Å²) in [5.41, 5.74) is 0.0979. The summed E-state index contributed by atoms with van der Waals surface area (Å²) in [7, 11) is 0. The van der Waals surface area contributed by atoms with E-state index in [1.54, 1.807) is 11.3 Å². The van der Waals surface area contributed by atoms with Crippen molar-refractivity contribution in [1.82, 2.24) is 0 Å². The maximum absolute atomic E-state index is 12.6. The van der Waals surface area contributed by atoms with Crippen LogP contribution in [0.3, 0.4) is 0 Å². The molecule has 22 heavy (non-hydrogen) atoms. The molecule has 0 N–H and O–H groups in total. The predicted octanol–water partition coefficient (Wildman–Crippen LogP) is 5.37. The van der Waals surface area contributed by atoms with Gasteiger partial charge in [-0.15, -0.1) is 11.3 Å². The molecule has 0 spiro atoms. The van der Waals surface area contributed by atoms with Crippen LogP contribution in [0.25, 0.3) is 20.2 Å². The van der Waals surface area contributed by atoms with Crippen LogP contribution < -0.4 is 10.2 Å². The Bertz CT molecular complexity index is 836. The fourth-order valence-electron chi connectivity index (χ4n) is 2.59. The second kappa shape index (κ2) is 6.93. The van der Waals surface area contributed by atoms with Crippen LogP contribution in [-0.4, -0.2) is 6.61 Å². The van der Waals surface area contributed by atoms with E-state index in [0.717, 1.165) is 38.9 Å². The number of hydrogen-bond donors (Lipinski definition) is 0. The number of benzene rings is 2. The van der Waals surface area contributed by atoms with Crippen LogP contribution in [0.4, 0.5) is 0 Å². The first kappa shape index (κ1) is 15.0. The van der Waals surface area contributed by atoms with Crippen LogP contribution in [-0.2, 0) is 0 Å². The Labute approximate surface area is 134 Å². The van der Waals surface area contributed by atoms with Crippen molar-refractivity contribution >= 4 is 31.5 Å². The summed E-state index contributed by atoms with van der Waals surface area (Å²) in [4.78, 5) is 12.6. The van der Waals surface area contributed by atoms with Gasteiger partial charge < -0.3 is 4.74 Å². The van der Waals surface area contributed by atoms with Crippen molar-refractivity contribution < 1.29 is 4.74 Å². The van der Waals surface area contributed by atoms with Crippen LogP contribution >= 0.6 is 11.3 Å². The van der Waals surface area contributed by atoms with E-state index in [1.165, 1.54) is 19.3 Å². The van der Waals surface area contributed by atoms with Gasteiger partial charge in [0.05, 0.1) is 6.61 Å². The number of rotatable bonds is 6. The zero-order chi connectivity index (χ0) is 15.4. The third-order valence-electron chi connectivity index (χ3n) is 3.81. The highest BCUT2D eigenvalue weighted by atomic mass is 32.1. The fraction of sp³-hybridized carbons (Fsp3) is 0.316. The summed E-state index contributed by atoms with van der Waals surface area (Å²) < 4.78 is 7.84. The third kappa shape index (κ3) is 3.14. The average Bonchev–Trinajstić information content (AvgIpc) is 2.55. The van der Waals surface area contributed by atoms with Crippen molar-refractivity contribution in [3.8, 4) is 5.75 Å². The van der Waals surface area contributed by atoms with Gasteiger partial charge in [0.25, 0.3) is 0 Å². The lowest BCUT2D eigenvalue weighted by Gasteiger charge is -2.07. The van der Waals surface area contributed by atoms with E-state index >= 15 is 0 Å². The number of fused-ring (bicyclic) bond motifs is 2. The van der Waals surface area contributed by atoms with E-state index in [0.29, 0.717) is 0 Å². The van der Waals surface area contributed by atoms with Crippen LogP contribution in [0.1, 0.15) is 32.6 Å². The van der Waals surface area contributed by atoms with Gasteiger partial charge in [0.1, 0.15) is 5.75 Å². The van der Waals surface area contributed by atoms with Crippen molar-refractivity contribution in [3.63, 3.8) is 0 Å². The first-order valence-electron chi connectivity index (χ1n) is 7.88. The Hall–Kier alpha value is -1.87. The predicted molar refractivity (Wildman–Crippen MR) is 95.2 cm³/mol. The highest BCUT2D eigenvalue weighted by Crippen LogP contribution is 2.27. The zero-order valence-electron chi connectivity index (χ0n) is 12.8. The minimum Gasteiger partial charge on any atom is -0.494 e. The lowest BCUT2D eigenvalue weighted by Crippen LogP contribution is -2.02. The summed E-state index contributed by atoms with van der Waals surface area (Å²) in [6.07, 6.45) is 4.74. The van der Waals surface area contributed by atoms with Crippen molar-refractivity contribution in [3.05, 3.63) is 52.7 Å². The molecule has 2 aromatic carbocycles. The molecular weight excluding hydrogens is 292 g/mol. The van der Waals surface area contributed by atoms with Crippen LogP contribution in [0.2, 0.25) is 0 Å². The Morgan fingerprint density at radius 3 is 2.64 bits per heavy atom. The van der Waals surface area contributed by atoms with E-state index in [-0.39, 0.29) is 5.43 Å². The molecule has 3 heteroatoms. The van der Waals surface area contributed by atoms with E-state index in [1.807, 2.05) is 42.5 Å². The Morgan fingerprint density at radius 2 is 1.77 bits per heavy atom. The lowest BCUT2D eigenvalue weighted by atomic mass is 10.2. The summed E-state index contributed by atoms with van der Waals surface area (Å²) in [6.45, 7) is 2.92. The van der Waals surface area contributed by atoms with Crippen LogP contribution in [0.5, 0.6) is 5.75 Å². The molecule has 0 atom stereocenters. The molecule has 0 aliphatic heterocycles. The molecule has 1 aromatic heterocycles. The number of ether oxygens (including phenoxy) is 1. The minimum atomic E-state index is 0.0979. The van der Waals surface area contributed by atoms with Gasteiger partial charge in [-0.05, 0) is 36.8 Å². The average molecular weight is 312 g/mol. The van der Waals surface area contributed by atoms with Gasteiger partial charge in [0.2, 0.25) is 0 Å². The Balaban J connectivity index is 1.87. The molecule has 0 aliphatic rings. The second-order valence-electron chi connectivity index (χ2n) is 5.49. The highest BCUT2D eigenvalue weighted by Gasteiger charge is 2.06. The quantitative estimate of drug-likeness (QED) is 0.451. The van der Waals surface area contributed by atoms with Gasteiger partial charge in [-0.3, -0.25) is 4.79 Å². The molecule has 0 saturated carbocycles. The monoisotopic (exact) mass is 312 g/mol. The molecule has 0 saturated heterocycles. The minimum absolute atomic E-state index is 0.0979. The van der Waals surface area contributed by atoms with E-state index in [9.17, 15) is 4.79 Å². The molecule has 1 heterocycles. The highest BCUT2D eigenvalue weighted by molar-refractivity contribution is 7.24. The first-order chi connectivity index (χ1) is 10.8. The Morgan fingerprint density at radius 1 is 0.955 bits per heavy atom. The topological polar surface area (TPSA) is 26.3 Å². The van der Waals surface area contributed by atoms with Crippen LogP contribution in [0, 0.1) is 0 Å². The molecule has 0 radical (unpaired) electrons. The smallest absolute Gasteiger partial charge is 0.196 e. The number of hydrogen-bond acceptors (Lipinski definition) is 3. The van der Waals surface area contributed by atoms with Gasteiger partial charge >= 0.3 is 0 Å². The molecular formula is C19H20O2S. The molecule has 0 bridgehead atoms. The molecule has 3 rings (SSSR count). The summed E-state index contributed by atoms with van der Waals surface area (Å²) >= 11 is 1.65. The SMILES string of the molecule is CCCCCCOc1ccc2sc3ccccc3c(=O)c2c1. The van der Waals surface area contributed by atoms with Gasteiger partial charge in [-0.25, -0.2) is 0 Å². The van der Waals surface area contributed by atoms with Crippen molar-refractivity contribution in [2.24, 2.45) is 0 Å². The lowest BCUT2D eigenvalue weighted by molar-refractivity contribution is 0.305. The molecule has 3 aromatic rings. The van der Waals surface area contributed by atoms with Gasteiger partial charge in [-0.1, -0.05) is 38.3 Å². The first-order valence-corrected chi connectivity index (χ1v) is 8.69. The third-order valence-corrected chi connectivity index (χ3v) is 4.97. The summed E-state index contributed by atoms with van der Waals surface area (Å²) in [6, 6.07) is 13.6. The van der Waals surface area contributed by atoms with Gasteiger partial charge in [0.15, 0.2) is 5.43 Å². The van der Waals surface area contributed by atoms with Crippen LogP contribution in [0.15, 0.2) is 47.3 Å². The molecule has 0 aliphatic carbocycles. The largest absolute Gasteiger partial charge is 0.494 e.